The van der Waals surface area contributed by atoms with Gasteiger partial charge in [-0.1, -0.05) is 41.9 Å². The number of hydrogen-bond donors (Lipinski definition) is 1. The lowest BCUT2D eigenvalue weighted by Crippen LogP contribution is -2.26. The second-order valence-electron chi connectivity index (χ2n) is 7.64. The smallest absolute Gasteiger partial charge is 0.273 e. The fraction of sp³-hybridized carbons (Fsp3) is 0.304. The fourth-order valence-electron chi connectivity index (χ4n) is 3.21. The Bertz CT molecular complexity index is 1000. The lowest BCUT2D eigenvalue weighted by molar-refractivity contribution is 0.0946. The number of oxazole rings is 1. The number of rotatable bonds is 9. The minimum Gasteiger partial charge on any atom is -0.447 e. The molecule has 1 saturated carbocycles. The summed E-state index contributed by atoms with van der Waals surface area (Å²) in [6.07, 6.45) is 3.73. The van der Waals surface area contributed by atoms with Crippen molar-refractivity contribution >= 4 is 17.5 Å². The summed E-state index contributed by atoms with van der Waals surface area (Å²) in [6, 6.07) is 14.0. The summed E-state index contributed by atoms with van der Waals surface area (Å²) < 4.78 is 18.8. The van der Waals surface area contributed by atoms with Gasteiger partial charge in [0.15, 0.2) is 5.69 Å². The standard InChI is InChI=1S/C23H23ClFN3O2/c24-20-4-2-1-3-18(20)13-28(12-17-7-9-19(25)10-8-17)14-22-27-21(15-30-22)23(29)26-11-16-5-6-16/h1-4,7-10,15-16H,5-6,11-14H2,(H,26,29). The quantitative estimate of drug-likeness (QED) is 0.532. The van der Waals surface area contributed by atoms with E-state index in [4.69, 9.17) is 16.0 Å². The van der Waals surface area contributed by atoms with Gasteiger partial charge in [0.25, 0.3) is 5.91 Å². The minimum absolute atomic E-state index is 0.215. The van der Waals surface area contributed by atoms with Crippen LogP contribution in [0.25, 0.3) is 0 Å². The highest BCUT2D eigenvalue weighted by atomic mass is 35.5. The first-order valence-electron chi connectivity index (χ1n) is 9.99. The molecule has 0 atom stereocenters. The van der Waals surface area contributed by atoms with Gasteiger partial charge in [-0.05, 0) is 48.1 Å². The van der Waals surface area contributed by atoms with Gasteiger partial charge in [-0.2, -0.15) is 0 Å². The van der Waals surface area contributed by atoms with Crippen LogP contribution in [0.1, 0.15) is 40.3 Å². The van der Waals surface area contributed by atoms with E-state index in [0.717, 1.165) is 11.1 Å². The molecule has 2 aromatic carbocycles. The third-order valence-corrected chi connectivity index (χ3v) is 5.43. The monoisotopic (exact) mass is 427 g/mol. The lowest BCUT2D eigenvalue weighted by Gasteiger charge is -2.21. The largest absolute Gasteiger partial charge is 0.447 e. The van der Waals surface area contributed by atoms with E-state index in [1.807, 2.05) is 24.3 Å². The molecule has 0 spiro atoms. The van der Waals surface area contributed by atoms with E-state index in [-0.39, 0.29) is 17.4 Å². The number of aromatic nitrogens is 1. The van der Waals surface area contributed by atoms with E-state index in [0.29, 0.717) is 43.0 Å². The molecule has 30 heavy (non-hydrogen) atoms. The molecule has 1 amide bonds. The molecule has 1 aliphatic carbocycles. The molecule has 5 nitrogen and oxygen atoms in total. The predicted molar refractivity (Wildman–Crippen MR) is 112 cm³/mol. The fourth-order valence-corrected chi connectivity index (χ4v) is 3.41. The van der Waals surface area contributed by atoms with Crippen LogP contribution in [-0.2, 0) is 19.6 Å². The zero-order valence-electron chi connectivity index (χ0n) is 16.5. The molecule has 1 aliphatic rings. The highest BCUT2D eigenvalue weighted by Gasteiger charge is 2.23. The molecular formula is C23H23ClFN3O2. The van der Waals surface area contributed by atoms with Crippen molar-refractivity contribution in [2.75, 3.05) is 6.54 Å². The first kappa shape index (κ1) is 20.6. The number of benzene rings is 2. The first-order chi connectivity index (χ1) is 14.6. The van der Waals surface area contributed by atoms with Crippen molar-refractivity contribution in [3.05, 3.63) is 88.3 Å². The number of hydrogen-bond acceptors (Lipinski definition) is 4. The van der Waals surface area contributed by atoms with Gasteiger partial charge in [-0.3, -0.25) is 9.69 Å². The normalized spacial score (nSPS) is 13.6. The van der Waals surface area contributed by atoms with Crippen LogP contribution in [0.2, 0.25) is 5.02 Å². The second kappa shape index (κ2) is 9.41. The summed E-state index contributed by atoms with van der Waals surface area (Å²) in [4.78, 5) is 18.7. The zero-order chi connectivity index (χ0) is 20.9. The maximum atomic E-state index is 13.3. The van der Waals surface area contributed by atoms with Crippen molar-refractivity contribution in [2.45, 2.75) is 32.5 Å². The molecule has 0 saturated heterocycles. The van der Waals surface area contributed by atoms with Gasteiger partial charge in [-0.25, -0.2) is 9.37 Å². The molecular weight excluding hydrogens is 405 g/mol. The molecule has 1 N–H and O–H groups in total. The van der Waals surface area contributed by atoms with E-state index in [1.54, 1.807) is 12.1 Å². The Balaban J connectivity index is 1.46. The van der Waals surface area contributed by atoms with Crippen molar-refractivity contribution in [3.8, 4) is 0 Å². The summed E-state index contributed by atoms with van der Waals surface area (Å²) >= 11 is 6.34. The van der Waals surface area contributed by atoms with Crippen molar-refractivity contribution in [2.24, 2.45) is 5.92 Å². The Labute approximate surface area is 179 Å². The molecule has 1 aromatic heterocycles. The SMILES string of the molecule is O=C(NCC1CC1)c1coc(CN(Cc2ccc(F)cc2)Cc2ccccc2Cl)n1. The Hall–Kier alpha value is -2.70. The van der Waals surface area contributed by atoms with Crippen molar-refractivity contribution in [3.63, 3.8) is 0 Å². The molecule has 4 rings (SSSR count). The molecule has 3 aromatic rings. The van der Waals surface area contributed by atoms with Gasteiger partial charge >= 0.3 is 0 Å². The average molecular weight is 428 g/mol. The predicted octanol–water partition coefficient (Wildman–Crippen LogP) is 4.81. The molecule has 0 bridgehead atoms. The minimum atomic E-state index is -0.272. The van der Waals surface area contributed by atoms with Gasteiger partial charge in [-0.15, -0.1) is 0 Å². The maximum Gasteiger partial charge on any atom is 0.273 e. The third-order valence-electron chi connectivity index (χ3n) is 5.06. The van der Waals surface area contributed by atoms with Crippen LogP contribution in [0.15, 0.2) is 59.2 Å². The highest BCUT2D eigenvalue weighted by Crippen LogP contribution is 2.27. The molecule has 1 fully saturated rings. The number of nitrogens with one attached hydrogen (secondary N) is 1. The number of halogens is 2. The number of carbonyl (C=O) groups is 1. The van der Waals surface area contributed by atoms with E-state index in [2.05, 4.69) is 15.2 Å². The van der Waals surface area contributed by atoms with Crippen LogP contribution < -0.4 is 5.32 Å². The Morgan fingerprint density at radius 1 is 1.13 bits per heavy atom. The van der Waals surface area contributed by atoms with Gasteiger partial charge in [0, 0.05) is 24.7 Å². The summed E-state index contributed by atoms with van der Waals surface area (Å²) in [5, 5.41) is 3.57. The van der Waals surface area contributed by atoms with Crippen LogP contribution in [0, 0.1) is 11.7 Å². The van der Waals surface area contributed by atoms with Crippen molar-refractivity contribution < 1.29 is 13.6 Å². The molecule has 0 unspecified atom stereocenters. The lowest BCUT2D eigenvalue weighted by atomic mass is 10.1. The maximum absolute atomic E-state index is 13.3. The Morgan fingerprint density at radius 3 is 2.63 bits per heavy atom. The van der Waals surface area contributed by atoms with Crippen molar-refractivity contribution in [1.29, 1.82) is 0 Å². The van der Waals surface area contributed by atoms with Gasteiger partial charge in [0.2, 0.25) is 5.89 Å². The Kier molecular flexibility index (Phi) is 6.45. The summed E-state index contributed by atoms with van der Waals surface area (Å²) in [5.41, 5.74) is 2.21. The topological polar surface area (TPSA) is 58.4 Å². The molecule has 7 heteroatoms. The second-order valence-corrected chi connectivity index (χ2v) is 8.05. The first-order valence-corrected chi connectivity index (χ1v) is 10.4. The number of nitrogens with zero attached hydrogens (tertiary/aromatic N) is 2. The van der Waals surface area contributed by atoms with Crippen LogP contribution in [-0.4, -0.2) is 22.3 Å². The summed E-state index contributed by atoms with van der Waals surface area (Å²) in [6.45, 7) is 2.18. The Morgan fingerprint density at radius 2 is 1.90 bits per heavy atom. The van der Waals surface area contributed by atoms with Gasteiger partial charge < -0.3 is 9.73 Å². The summed E-state index contributed by atoms with van der Waals surface area (Å²) in [5.74, 6) is 0.557. The number of carbonyl (C=O) groups excluding carboxylic acids is 1. The molecule has 0 aliphatic heterocycles. The summed E-state index contributed by atoms with van der Waals surface area (Å²) in [7, 11) is 0. The molecule has 1 heterocycles. The van der Waals surface area contributed by atoms with Crippen LogP contribution in [0.5, 0.6) is 0 Å². The average Bonchev–Trinajstić information content (AvgIpc) is 3.46. The van der Waals surface area contributed by atoms with E-state index >= 15 is 0 Å². The van der Waals surface area contributed by atoms with Crippen LogP contribution in [0.3, 0.4) is 0 Å². The van der Waals surface area contributed by atoms with E-state index < -0.39 is 0 Å². The molecule has 0 radical (unpaired) electrons. The van der Waals surface area contributed by atoms with Gasteiger partial charge in [0.1, 0.15) is 12.1 Å². The van der Waals surface area contributed by atoms with E-state index in [1.165, 1.54) is 31.2 Å². The molecule has 156 valence electrons. The third kappa shape index (κ3) is 5.68. The van der Waals surface area contributed by atoms with Crippen molar-refractivity contribution in [1.82, 2.24) is 15.2 Å². The van der Waals surface area contributed by atoms with E-state index in [9.17, 15) is 9.18 Å². The van der Waals surface area contributed by atoms with Gasteiger partial charge in [0.05, 0.1) is 6.54 Å². The van der Waals surface area contributed by atoms with Crippen LogP contribution >= 0.6 is 11.6 Å². The van der Waals surface area contributed by atoms with Crippen LogP contribution in [0.4, 0.5) is 4.39 Å². The zero-order valence-corrected chi connectivity index (χ0v) is 17.2. The highest BCUT2D eigenvalue weighted by molar-refractivity contribution is 6.31. The number of amides is 1.